The van der Waals surface area contributed by atoms with Gasteiger partial charge in [-0.2, -0.15) is 0 Å². The van der Waals surface area contributed by atoms with E-state index in [2.05, 4.69) is 16.4 Å². The lowest BCUT2D eigenvalue weighted by molar-refractivity contribution is 0.0352. The standard InChI is InChI=1S/C25H38N4O4/c1-5-11-26-25(32)28(4)15-22-17(2)14-29(18(3)16-30)24(31)21-12-20(13-27-23(21)33-22)19-9-7-6-8-10-19/h9,12-13,17-18,22,30H,5-8,10-11,14-16H2,1-4H3,(H,26,32)/t17-,18+,22+/m1/s1. The topological polar surface area (TPSA) is 95.0 Å². The number of nitrogens with one attached hydrogen (secondary N) is 1. The predicted molar refractivity (Wildman–Crippen MR) is 128 cm³/mol. The molecule has 33 heavy (non-hydrogen) atoms. The summed E-state index contributed by atoms with van der Waals surface area (Å²) in [6.07, 6.45) is 8.85. The molecule has 2 aliphatic rings. The highest BCUT2D eigenvalue weighted by molar-refractivity contribution is 5.97. The van der Waals surface area contributed by atoms with Crippen molar-refractivity contribution in [1.29, 1.82) is 0 Å². The smallest absolute Gasteiger partial charge is 0.317 e. The maximum atomic E-state index is 13.5. The summed E-state index contributed by atoms with van der Waals surface area (Å²) in [6, 6.07) is 1.39. The fraction of sp³-hybridized carbons (Fsp3) is 0.640. The van der Waals surface area contributed by atoms with Crippen molar-refractivity contribution in [3.8, 4) is 5.88 Å². The van der Waals surface area contributed by atoms with Crippen LogP contribution in [-0.4, -0.2) is 77.3 Å². The van der Waals surface area contributed by atoms with Gasteiger partial charge in [-0.15, -0.1) is 0 Å². The van der Waals surface area contributed by atoms with Crippen LogP contribution in [0.3, 0.4) is 0 Å². The number of aliphatic hydroxyl groups is 1. The van der Waals surface area contributed by atoms with Gasteiger partial charge in [0.25, 0.3) is 5.91 Å². The minimum absolute atomic E-state index is 0.0694. The van der Waals surface area contributed by atoms with E-state index in [0.717, 1.165) is 31.2 Å². The Labute approximate surface area is 197 Å². The lowest BCUT2D eigenvalue weighted by atomic mass is 9.93. The SMILES string of the molecule is CCCNC(=O)N(C)C[C@@H]1Oc2ncc(C3=CCCCC3)cc2C(=O)N([C@@H](C)CO)C[C@H]1C. The largest absolute Gasteiger partial charge is 0.472 e. The third-order valence-electron chi connectivity index (χ3n) is 6.51. The second kappa shape index (κ2) is 11.5. The number of amides is 3. The van der Waals surface area contributed by atoms with E-state index in [4.69, 9.17) is 4.74 Å². The van der Waals surface area contributed by atoms with Gasteiger partial charge >= 0.3 is 6.03 Å². The number of pyridine rings is 1. The Morgan fingerprint density at radius 3 is 2.88 bits per heavy atom. The minimum Gasteiger partial charge on any atom is -0.472 e. The fourth-order valence-corrected chi connectivity index (χ4v) is 4.32. The number of aliphatic hydroxyl groups excluding tert-OH is 1. The zero-order valence-corrected chi connectivity index (χ0v) is 20.3. The van der Waals surface area contributed by atoms with E-state index < -0.39 is 0 Å². The Kier molecular flexibility index (Phi) is 8.72. The molecule has 1 aromatic heterocycles. The predicted octanol–water partition coefficient (Wildman–Crippen LogP) is 3.31. The first kappa shape index (κ1) is 25.0. The van der Waals surface area contributed by atoms with Gasteiger partial charge in [0.2, 0.25) is 5.88 Å². The molecule has 8 nitrogen and oxygen atoms in total. The summed E-state index contributed by atoms with van der Waals surface area (Å²) in [5.41, 5.74) is 2.57. The molecule has 8 heteroatoms. The summed E-state index contributed by atoms with van der Waals surface area (Å²) in [6.45, 7) is 7.11. The van der Waals surface area contributed by atoms with Crippen LogP contribution in [0.4, 0.5) is 4.79 Å². The number of urea groups is 1. The van der Waals surface area contributed by atoms with Crippen LogP contribution < -0.4 is 10.1 Å². The number of rotatable bonds is 7. The molecule has 0 aromatic carbocycles. The number of ether oxygens (including phenoxy) is 1. The molecule has 0 spiro atoms. The first-order chi connectivity index (χ1) is 15.8. The van der Waals surface area contributed by atoms with Gasteiger partial charge in [-0.3, -0.25) is 4.79 Å². The van der Waals surface area contributed by atoms with E-state index in [-0.39, 0.29) is 42.5 Å². The summed E-state index contributed by atoms with van der Waals surface area (Å²) < 4.78 is 6.29. The Bertz CT molecular complexity index is 872. The molecule has 1 aromatic rings. The molecule has 3 rings (SSSR count). The molecule has 0 radical (unpaired) electrons. The van der Waals surface area contributed by atoms with Crippen molar-refractivity contribution in [3.63, 3.8) is 0 Å². The molecule has 1 aliphatic heterocycles. The van der Waals surface area contributed by atoms with Gasteiger partial charge in [-0.1, -0.05) is 19.9 Å². The average Bonchev–Trinajstić information content (AvgIpc) is 2.84. The molecule has 0 fully saturated rings. The summed E-state index contributed by atoms with van der Waals surface area (Å²) >= 11 is 0. The van der Waals surface area contributed by atoms with Crippen LogP contribution >= 0.6 is 0 Å². The van der Waals surface area contributed by atoms with Gasteiger partial charge in [-0.05, 0) is 56.2 Å². The molecule has 3 atom stereocenters. The van der Waals surface area contributed by atoms with Crippen LogP contribution in [0.2, 0.25) is 0 Å². The maximum absolute atomic E-state index is 13.5. The zero-order valence-electron chi connectivity index (χ0n) is 20.3. The molecule has 2 heterocycles. The molecule has 2 N–H and O–H groups in total. The highest BCUT2D eigenvalue weighted by atomic mass is 16.5. The van der Waals surface area contributed by atoms with Crippen molar-refractivity contribution < 1.29 is 19.4 Å². The Hall–Kier alpha value is -2.61. The van der Waals surface area contributed by atoms with Gasteiger partial charge in [0, 0.05) is 32.3 Å². The van der Waals surface area contributed by atoms with Crippen molar-refractivity contribution in [2.75, 3.05) is 33.3 Å². The third-order valence-corrected chi connectivity index (χ3v) is 6.51. The molecule has 0 unspecified atom stereocenters. The van der Waals surface area contributed by atoms with E-state index in [0.29, 0.717) is 25.2 Å². The highest BCUT2D eigenvalue weighted by Gasteiger charge is 2.34. The Balaban J connectivity index is 1.93. The highest BCUT2D eigenvalue weighted by Crippen LogP contribution is 2.32. The second-order valence-corrected chi connectivity index (χ2v) is 9.29. The number of hydrogen-bond acceptors (Lipinski definition) is 5. The Morgan fingerprint density at radius 2 is 2.21 bits per heavy atom. The number of aromatic nitrogens is 1. The number of allylic oxidation sites excluding steroid dienone is 2. The van der Waals surface area contributed by atoms with Crippen molar-refractivity contribution >= 4 is 17.5 Å². The van der Waals surface area contributed by atoms with E-state index in [1.807, 2.05) is 26.8 Å². The van der Waals surface area contributed by atoms with E-state index in [9.17, 15) is 14.7 Å². The van der Waals surface area contributed by atoms with Gasteiger partial charge in [0.1, 0.15) is 11.7 Å². The quantitative estimate of drug-likeness (QED) is 0.654. The summed E-state index contributed by atoms with van der Waals surface area (Å²) in [7, 11) is 1.74. The zero-order chi connectivity index (χ0) is 24.0. The number of fused-ring (bicyclic) bond motifs is 1. The van der Waals surface area contributed by atoms with Crippen molar-refractivity contribution in [2.45, 2.75) is 65.0 Å². The van der Waals surface area contributed by atoms with Crippen molar-refractivity contribution in [2.24, 2.45) is 5.92 Å². The first-order valence-electron chi connectivity index (χ1n) is 12.1. The molecule has 0 saturated carbocycles. The van der Waals surface area contributed by atoms with E-state index >= 15 is 0 Å². The summed E-state index contributed by atoms with van der Waals surface area (Å²) in [5.74, 6) is 0.0333. The molecule has 0 saturated heterocycles. The van der Waals surface area contributed by atoms with Gasteiger partial charge in [0.15, 0.2) is 0 Å². The molecule has 1 aliphatic carbocycles. The molecular formula is C25H38N4O4. The van der Waals surface area contributed by atoms with Gasteiger partial charge < -0.3 is 25.0 Å². The first-order valence-corrected chi connectivity index (χ1v) is 12.1. The number of carbonyl (C=O) groups is 2. The second-order valence-electron chi connectivity index (χ2n) is 9.29. The molecule has 0 bridgehead atoms. The van der Waals surface area contributed by atoms with Crippen LogP contribution in [0.1, 0.15) is 68.8 Å². The van der Waals surface area contributed by atoms with Gasteiger partial charge in [-0.25, -0.2) is 9.78 Å². The average molecular weight is 459 g/mol. The lowest BCUT2D eigenvalue weighted by Crippen LogP contribution is -2.51. The molecule has 182 valence electrons. The lowest BCUT2D eigenvalue weighted by Gasteiger charge is -2.37. The van der Waals surface area contributed by atoms with Crippen LogP contribution in [0.15, 0.2) is 18.3 Å². The van der Waals surface area contributed by atoms with Crippen LogP contribution in [0, 0.1) is 5.92 Å². The summed E-state index contributed by atoms with van der Waals surface area (Å²) in [4.78, 5) is 33.8. The van der Waals surface area contributed by atoms with Crippen LogP contribution in [0.5, 0.6) is 5.88 Å². The fourth-order valence-electron chi connectivity index (χ4n) is 4.32. The number of hydrogen-bond donors (Lipinski definition) is 2. The minimum atomic E-state index is -0.352. The summed E-state index contributed by atoms with van der Waals surface area (Å²) in [5, 5.41) is 12.7. The third kappa shape index (κ3) is 6.05. The number of carbonyl (C=O) groups excluding carboxylic acids is 2. The normalized spacial score (nSPS) is 21.8. The maximum Gasteiger partial charge on any atom is 0.317 e. The van der Waals surface area contributed by atoms with Crippen LogP contribution in [-0.2, 0) is 0 Å². The number of nitrogens with zero attached hydrogens (tertiary/aromatic N) is 3. The number of likely N-dealkylation sites (N-methyl/N-ethyl adjacent to an activating group) is 1. The monoisotopic (exact) mass is 458 g/mol. The van der Waals surface area contributed by atoms with Crippen molar-refractivity contribution in [3.05, 3.63) is 29.5 Å². The molecule has 3 amide bonds. The Morgan fingerprint density at radius 1 is 1.42 bits per heavy atom. The van der Waals surface area contributed by atoms with Gasteiger partial charge in [0.05, 0.1) is 19.2 Å². The van der Waals surface area contributed by atoms with E-state index in [1.165, 1.54) is 12.0 Å². The molecular weight excluding hydrogens is 420 g/mol. The van der Waals surface area contributed by atoms with E-state index in [1.54, 1.807) is 23.0 Å². The van der Waals surface area contributed by atoms with Crippen molar-refractivity contribution in [1.82, 2.24) is 20.1 Å². The van der Waals surface area contributed by atoms with Crippen LogP contribution in [0.25, 0.3) is 5.57 Å².